The molecule has 0 aromatic heterocycles. The van der Waals surface area contributed by atoms with Crippen molar-refractivity contribution >= 4 is 32.9 Å². The van der Waals surface area contributed by atoms with Crippen LogP contribution in [0.1, 0.15) is 11.1 Å². The van der Waals surface area contributed by atoms with Crippen LogP contribution in [0.25, 0.3) is 0 Å². The van der Waals surface area contributed by atoms with Crippen molar-refractivity contribution in [1.82, 2.24) is 0 Å². The second kappa shape index (κ2) is 5.79. The van der Waals surface area contributed by atoms with Gasteiger partial charge in [0, 0.05) is 11.3 Å². The molecule has 0 bridgehead atoms. The van der Waals surface area contributed by atoms with Gasteiger partial charge in [-0.3, -0.25) is 4.72 Å². The zero-order valence-corrected chi connectivity index (χ0v) is 12.8. The van der Waals surface area contributed by atoms with E-state index in [1.807, 2.05) is 0 Å². The number of hydrogen-bond acceptors (Lipinski definition) is 3. The van der Waals surface area contributed by atoms with Crippen LogP contribution in [-0.2, 0) is 10.0 Å². The average molecular weight is 324 g/mol. The zero-order valence-electron chi connectivity index (χ0n) is 11.1. The van der Waals surface area contributed by atoms with E-state index in [1.54, 1.807) is 6.92 Å². The van der Waals surface area contributed by atoms with Crippen molar-refractivity contribution < 1.29 is 12.8 Å². The summed E-state index contributed by atoms with van der Waals surface area (Å²) < 4.78 is 40.0. The molecule has 0 unspecified atom stereocenters. The lowest BCUT2D eigenvalue weighted by Gasteiger charge is -2.09. The Balaban J connectivity index is 2.29. The molecule has 0 aliphatic rings. The van der Waals surface area contributed by atoms with Gasteiger partial charge in [0.1, 0.15) is 10.8 Å². The molecular weight excluding hydrogens is 311 g/mol. The van der Waals surface area contributed by atoms with E-state index in [1.165, 1.54) is 42.5 Å². The summed E-state index contributed by atoms with van der Waals surface area (Å²) in [4.78, 5) is 0.269. The maximum absolute atomic E-state index is 13.2. The molecule has 2 aromatic rings. The van der Waals surface area contributed by atoms with Crippen LogP contribution in [0, 0.1) is 12.7 Å². The first-order valence-electron chi connectivity index (χ1n) is 5.98. The topological polar surface area (TPSA) is 72.2 Å². The monoisotopic (exact) mass is 324 g/mol. The first-order chi connectivity index (χ1) is 9.79. The number of rotatable bonds is 4. The molecule has 2 rings (SSSR count). The maximum atomic E-state index is 13.2. The molecule has 110 valence electrons. The van der Waals surface area contributed by atoms with Gasteiger partial charge < -0.3 is 5.73 Å². The van der Waals surface area contributed by atoms with Crippen LogP contribution >= 0.6 is 12.2 Å². The van der Waals surface area contributed by atoms with Gasteiger partial charge in [-0.05, 0) is 42.8 Å². The zero-order chi connectivity index (χ0) is 15.6. The fraction of sp³-hybridized carbons (Fsp3) is 0.0714. The van der Waals surface area contributed by atoms with Crippen LogP contribution in [0.5, 0.6) is 0 Å². The number of aryl methyl sites for hydroxylation is 1. The molecule has 0 radical (unpaired) electrons. The number of benzene rings is 2. The van der Waals surface area contributed by atoms with E-state index in [4.69, 9.17) is 18.0 Å². The Morgan fingerprint density at radius 2 is 1.81 bits per heavy atom. The molecule has 0 atom stereocenters. The van der Waals surface area contributed by atoms with Crippen LogP contribution in [0.4, 0.5) is 10.1 Å². The maximum Gasteiger partial charge on any atom is 0.261 e. The van der Waals surface area contributed by atoms with Gasteiger partial charge in [-0.25, -0.2) is 12.8 Å². The summed E-state index contributed by atoms with van der Waals surface area (Å²) in [6.07, 6.45) is 0. The van der Waals surface area contributed by atoms with E-state index in [0.717, 1.165) is 0 Å². The Morgan fingerprint density at radius 1 is 1.19 bits per heavy atom. The fourth-order valence-corrected chi connectivity index (χ4v) is 2.91. The molecule has 0 aliphatic heterocycles. The van der Waals surface area contributed by atoms with Crippen molar-refractivity contribution in [3.63, 3.8) is 0 Å². The Bertz CT molecular complexity index is 787. The first-order valence-corrected chi connectivity index (χ1v) is 7.87. The van der Waals surface area contributed by atoms with Crippen LogP contribution < -0.4 is 10.5 Å². The normalized spacial score (nSPS) is 11.1. The van der Waals surface area contributed by atoms with Crippen molar-refractivity contribution in [2.45, 2.75) is 11.8 Å². The lowest BCUT2D eigenvalue weighted by molar-refractivity contribution is 0.601. The third-order valence-corrected chi connectivity index (χ3v) is 4.49. The molecule has 21 heavy (non-hydrogen) atoms. The quantitative estimate of drug-likeness (QED) is 0.848. The van der Waals surface area contributed by atoms with Gasteiger partial charge in [-0.15, -0.1) is 0 Å². The summed E-state index contributed by atoms with van der Waals surface area (Å²) in [5.74, 6) is -0.390. The van der Waals surface area contributed by atoms with Crippen LogP contribution in [0.15, 0.2) is 47.4 Å². The third kappa shape index (κ3) is 3.56. The number of nitrogens with one attached hydrogen (secondary N) is 1. The lowest BCUT2D eigenvalue weighted by atomic mass is 10.2. The van der Waals surface area contributed by atoms with Gasteiger partial charge in [0.15, 0.2) is 0 Å². The highest BCUT2D eigenvalue weighted by molar-refractivity contribution is 7.92. The van der Waals surface area contributed by atoms with E-state index >= 15 is 0 Å². The standard InChI is InChI=1S/C14H13FN2O2S2/c1-9-8-11(4-7-13(9)15)17-21(18,19)12-5-2-10(3-6-12)14(16)20/h2-8,17H,1H3,(H2,16,20). The second-order valence-corrected chi connectivity index (χ2v) is 6.58. The number of sulfonamides is 1. The highest BCUT2D eigenvalue weighted by atomic mass is 32.2. The molecule has 0 saturated carbocycles. The van der Waals surface area contributed by atoms with Gasteiger partial charge >= 0.3 is 0 Å². The predicted octanol–water partition coefficient (Wildman–Crippen LogP) is 2.57. The molecular formula is C14H13FN2O2S2. The Hall–Kier alpha value is -1.99. The minimum atomic E-state index is -3.74. The smallest absolute Gasteiger partial charge is 0.261 e. The summed E-state index contributed by atoms with van der Waals surface area (Å²) in [5.41, 5.74) is 6.70. The Morgan fingerprint density at radius 3 is 2.33 bits per heavy atom. The minimum absolute atomic E-state index is 0.0736. The number of hydrogen-bond donors (Lipinski definition) is 2. The van der Waals surface area contributed by atoms with E-state index in [-0.39, 0.29) is 9.88 Å². The molecule has 0 amide bonds. The fourth-order valence-electron chi connectivity index (χ4n) is 1.72. The van der Waals surface area contributed by atoms with Crippen molar-refractivity contribution in [2.75, 3.05) is 4.72 Å². The molecule has 0 saturated heterocycles. The highest BCUT2D eigenvalue weighted by Crippen LogP contribution is 2.19. The van der Waals surface area contributed by atoms with Crippen molar-refractivity contribution in [3.05, 3.63) is 59.4 Å². The van der Waals surface area contributed by atoms with Gasteiger partial charge in [0.25, 0.3) is 10.0 Å². The van der Waals surface area contributed by atoms with Crippen LogP contribution in [-0.4, -0.2) is 13.4 Å². The molecule has 0 fully saturated rings. The lowest BCUT2D eigenvalue weighted by Crippen LogP contribution is -2.14. The van der Waals surface area contributed by atoms with Gasteiger partial charge in [0.05, 0.1) is 4.90 Å². The van der Waals surface area contributed by atoms with E-state index in [0.29, 0.717) is 16.8 Å². The van der Waals surface area contributed by atoms with Gasteiger partial charge in [-0.2, -0.15) is 0 Å². The van der Waals surface area contributed by atoms with Crippen molar-refractivity contribution in [2.24, 2.45) is 5.73 Å². The molecule has 0 spiro atoms. The van der Waals surface area contributed by atoms with E-state index < -0.39 is 15.8 Å². The second-order valence-electron chi connectivity index (χ2n) is 4.46. The molecule has 0 heterocycles. The molecule has 3 N–H and O–H groups in total. The summed E-state index contributed by atoms with van der Waals surface area (Å²) in [6.45, 7) is 1.56. The Kier molecular flexibility index (Phi) is 4.24. The summed E-state index contributed by atoms with van der Waals surface area (Å²) >= 11 is 4.81. The summed E-state index contributed by atoms with van der Waals surface area (Å²) in [6, 6.07) is 9.89. The van der Waals surface area contributed by atoms with E-state index in [9.17, 15) is 12.8 Å². The SMILES string of the molecule is Cc1cc(NS(=O)(=O)c2ccc(C(N)=S)cc2)ccc1F. The van der Waals surface area contributed by atoms with Gasteiger partial charge in [-0.1, -0.05) is 24.4 Å². The largest absolute Gasteiger partial charge is 0.389 e. The molecule has 2 aromatic carbocycles. The third-order valence-electron chi connectivity index (χ3n) is 2.86. The average Bonchev–Trinajstić information content (AvgIpc) is 2.43. The summed E-state index contributed by atoms with van der Waals surface area (Å²) in [7, 11) is -3.74. The predicted molar refractivity (Wildman–Crippen MR) is 84.3 cm³/mol. The minimum Gasteiger partial charge on any atom is -0.389 e. The molecule has 7 heteroatoms. The van der Waals surface area contributed by atoms with Crippen LogP contribution in [0.3, 0.4) is 0 Å². The number of thiocarbonyl (C=S) groups is 1. The van der Waals surface area contributed by atoms with Crippen LogP contribution in [0.2, 0.25) is 0 Å². The number of nitrogens with two attached hydrogens (primary N) is 1. The highest BCUT2D eigenvalue weighted by Gasteiger charge is 2.14. The van der Waals surface area contributed by atoms with Crippen molar-refractivity contribution in [1.29, 1.82) is 0 Å². The van der Waals surface area contributed by atoms with Gasteiger partial charge in [0.2, 0.25) is 0 Å². The number of halogens is 1. The summed E-state index contributed by atoms with van der Waals surface area (Å²) in [5, 5.41) is 0. The van der Waals surface area contributed by atoms with Crippen molar-refractivity contribution in [3.8, 4) is 0 Å². The number of anilines is 1. The van der Waals surface area contributed by atoms with E-state index in [2.05, 4.69) is 4.72 Å². The molecule has 4 nitrogen and oxygen atoms in total. The first kappa shape index (κ1) is 15.4. The molecule has 0 aliphatic carbocycles. The Labute approximate surface area is 127 Å².